The Hall–Kier alpha value is -1.85. The normalized spacial score (nSPS) is 16.3. The van der Waals surface area contributed by atoms with Crippen LogP contribution in [0.15, 0.2) is 47.9 Å². The maximum absolute atomic E-state index is 6.33. The number of hydrogen-bond donors (Lipinski definition) is 0. The third-order valence-electron chi connectivity index (χ3n) is 4.38. The van der Waals surface area contributed by atoms with Crippen LogP contribution in [-0.2, 0) is 13.0 Å². The van der Waals surface area contributed by atoms with Crippen molar-refractivity contribution < 1.29 is 0 Å². The molecule has 3 aromatic rings. The molecule has 0 saturated carbocycles. The third-order valence-corrected chi connectivity index (χ3v) is 6.02. The summed E-state index contributed by atoms with van der Waals surface area (Å²) in [6.45, 7) is 2.96. The molecular weight excluding hydrogens is 340 g/mol. The molecule has 0 bridgehead atoms. The monoisotopic (exact) mass is 356 g/mol. The molecule has 0 spiro atoms. The van der Waals surface area contributed by atoms with E-state index in [-0.39, 0.29) is 0 Å². The largest absolute Gasteiger partial charge is 0.302 e. The Morgan fingerprint density at radius 3 is 2.83 bits per heavy atom. The fourth-order valence-corrected chi connectivity index (χ4v) is 4.74. The topological polar surface area (TPSA) is 43.6 Å². The van der Waals surface area contributed by atoms with Gasteiger partial charge in [-0.05, 0) is 49.1 Å². The molecule has 1 aliphatic rings. The molecule has 2 aromatic heterocycles. The average Bonchev–Trinajstić information content (AvgIpc) is 3.21. The lowest BCUT2D eigenvalue weighted by Crippen LogP contribution is -2.01. The lowest BCUT2D eigenvalue weighted by atomic mass is 10.1. The summed E-state index contributed by atoms with van der Waals surface area (Å²) in [5.74, 6) is 0.895. The lowest BCUT2D eigenvalue weighted by molar-refractivity contribution is 0.684. The van der Waals surface area contributed by atoms with E-state index in [2.05, 4.69) is 32.7 Å². The zero-order valence-electron chi connectivity index (χ0n) is 13.3. The predicted octanol–water partition coefficient (Wildman–Crippen LogP) is 4.79. The molecule has 0 aliphatic heterocycles. The highest BCUT2D eigenvalue weighted by Gasteiger charge is 2.27. The van der Waals surface area contributed by atoms with Crippen LogP contribution >= 0.6 is 23.4 Å². The first-order valence-corrected chi connectivity index (χ1v) is 9.31. The zero-order chi connectivity index (χ0) is 16.5. The maximum atomic E-state index is 6.33. The standard InChI is InChI=1S/C18H17ClN4S/c1-2-23-17(12-8-10-20-11-9-12)21-22-18(23)24-16-7-6-13-14(16)4-3-5-15(13)19/h3-5,8-11,16H,2,6-7H2,1H3/t16-/m1/s1. The Kier molecular flexibility index (Phi) is 4.29. The molecule has 0 radical (unpaired) electrons. The summed E-state index contributed by atoms with van der Waals surface area (Å²) >= 11 is 8.12. The fourth-order valence-electron chi connectivity index (χ4n) is 3.20. The minimum absolute atomic E-state index is 0.387. The van der Waals surface area contributed by atoms with Crippen molar-refractivity contribution in [2.45, 2.75) is 36.7 Å². The molecule has 0 unspecified atom stereocenters. The minimum Gasteiger partial charge on any atom is -0.302 e. The molecular formula is C18H17ClN4S. The molecule has 1 aliphatic carbocycles. The van der Waals surface area contributed by atoms with Gasteiger partial charge in [-0.15, -0.1) is 10.2 Å². The number of benzene rings is 1. The highest BCUT2D eigenvalue weighted by Crippen LogP contribution is 2.46. The smallest absolute Gasteiger partial charge is 0.192 e. The first-order valence-electron chi connectivity index (χ1n) is 8.05. The number of halogens is 1. The van der Waals surface area contributed by atoms with E-state index in [4.69, 9.17) is 11.6 Å². The maximum Gasteiger partial charge on any atom is 0.192 e. The second-order valence-electron chi connectivity index (χ2n) is 5.74. The number of aromatic nitrogens is 4. The van der Waals surface area contributed by atoms with E-state index in [1.807, 2.05) is 24.3 Å². The van der Waals surface area contributed by atoms with Crippen molar-refractivity contribution in [2.75, 3.05) is 0 Å². The number of thioether (sulfide) groups is 1. The van der Waals surface area contributed by atoms with Gasteiger partial charge in [0.25, 0.3) is 0 Å². The molecule has 0 fully saturated rings. The van der Waals surface area contributed by atoms with Crippen molar-refractivity contribution in [3.05, 3.63) is 58.9 Å². The molecule has 24 heavy (non-hydrogen) atoms. The summed E-state index contributed by atoms with van der Waals surface area (Å²) in [5, 5.41) is 11.1. The van der Waals surface area contributed by atoms with Gasteiger partial charge in [-0.3, -0.25) is 4.98 Å². The van der Waals surface area contributed by atoms with E-state index >= 15 is 0 Å². The summed E-state index contributed by atoms with van der Waals surface area (Å²) in [5.41, 5.74) is 3.67. The molecule has 122 valence electrons. The molecule has 4 nitrogen and oxygen atoms in total. The SMILES string of the molecule is CCn1c(S[C@@H]2CCc3c(Cl)cccc32)nnc1-c1ccncc1. The van der Waals surface area contributed by atoms with E-state index in [9.17, 15) is 0 Å². The Morgan fingerprint density at radius 1 is 1.21 bits per heavy atom. The second kappa shape index (κ2) is 6.57. The molecule has 0 amide bonds. The van der Waals surface area contributed by atoms with Crippen molar-refractivity contribution in [3.63, 3.8) is 0 Å². The van der Waals surface area contributed by atoms with E-state index < -0.39 is 0 Å². The van der Waals surface area contributed by atoms with Crippen LogP contribution < -0.4 is 0 Å². The van der Waals surface area contributed by atoms with Gasteiger partial charge >= 0.3 is 0 Å². The van der Waals surface area contributed by atoms with Gasteiger partial charge in [0.1, 0.15) is 0 Å². The van der Waals surface area contributed by atoms with Crippen LogP contribution in [0.3, 0.4) is 0 Å². The van der Waals surface area contributed by atoms with Gasteiger partial charge in [0.2, 0.25) is 0 Å². The zero-order valence-corrected chi connectivity index (χ0v) is 14.9. The van der Waals surface area contributed by atoms with E-state index in [0.29, 0.717) is 5.25 Å². The Bertz CT molecular complexity index is 863. The van der Waals surface area contributed by atoms with Crippen molar-refractivity contribution in [1.29, 1.82) is 0 Å². The van der Waals surface area contributed by atoms with Crippen LogP contribution in [0, 0.1) is 0 Å². The summed E-state index contributed by atoms with van der Waals surface area (Å²) < 4.78 is 2.17. The molecule has 0 N–H and O–H groups in total. The van der Waals surface area contributed by atoms with Crippen LogP contribution in [0.5, 0.6) is 0 Å². The van der Waals surface area contributed by atoms with Crippen LogP contribution in [0.1, 0.15) is 29.7 Å². The summed E-state index contributed by atoms with van der Waals surface area (Å²) in [4.78, 5) is 4.07. The predicted molar refractivity (Wildman–Crippen MR) is 97.3 cm³/mol. The third kappa shape index (κ3) is 2.72. The van der Waals surface area contributed by atoms with Gasteiger partial charge in [0.05, 0.1) is 0 Å². The fraction of sp³-hybridized carbons (Fsp3) is 0.278. The van der Waals surface area contributed by atoms with Crippen molar-refractivity contribution in [3.8, 4) is 11.4 Å². The number of nitrogens with zero attached hydrogens (tertiary/aromatic N) is 4. The van der Waals surface area contributed by atoms with E-state index in [0.717, 1.165) is 41.0 Å². The quantitative estimate of drug-likeness (QED) is 0.674. The van der Waals surface area contributed by atoms with Crippen LogP contribution in [0.25, 0.3) is 11.4 Å². The van der Waals surface area contributed by atoms with Crippen LogP contribution in [0.4, 0.5) is 0 Å². The number of pyridine rings is 1. The average molecular weight is 357 g/mol. The minimum atomic E-state index is 0.387. The molecule has 4 rings (SSSR count). The highest BCUT2D eigenvalue weighted by atomic mass is 35.5. The van der Waals surface area contributed by atoms with Gasteiger partial charge in [-0.25, -0.2) is 0 Å². The first-order chi connectivity index (χ1) is 11.8. The summed E-state index contributed by atoms with van der Waals surface area (Å²) in [7, 11) is 0. The van der Waals surface area contributed by atoms with E-state index in [1.165, 1.54) is 11.1 Å². The van der Waals surface area contributed by atoms with Gasteiger partial charge in [0, 0.05) is 34.8 Å². The Morgan fingerprint density at radius 2 is 2.04 bits per heavy atom. The van der Waals surface area contributed by atoms with Crippen molar-refractivity contribution in [1.82, 2.24) is 19.7 Å². The number of rotatable bonds is 4. The Balaban J connectivity index is 1.66. The van der Waals surface area contributed by atoms with Gasteiger partial charge in [0.15, 0.2) is 11.0 Å². The van der Waals surface area contributed by atoms with Gasteiger partial charge in [-0.2, -0.15) is 0 Å². The first kappa shape index (κ1) is 15.7. The van der Waals surface area contributed by atoms with Crippen molar-refractivity contribution in [2.24, 2.45) is 0 Å². The van der Waals surface area contributed by atoms with Crippen LogP contribution in [0.2, 0.25) is 5.02 Å². The molecule has 1 aromatic carbocycles. The van der Waals surface area contributed by atoms with Crippen LogP contribution in [-0.4, -0.2) is 19.7 Å². The molecule has 2 heterocycles. The van der Waals surface area contributed by atoms with Crippen molar-refractivity contribution >= 4 is 23.4 Å². The van der Waals surface area contributed by atoms with E-state index in [1.54, 1.807) is 24.2 Å². The number of hydrogen-bond acceptors (Lipinski definition) is 4. The Labute approximate surface area is 150 Å². The second-order valence-corrected chi connectivity index (χ2v) is 7.32. The molecule has 6 heteroatoms. The highest BCUT2D eigenvalue weighted by molar-refractivity contribution is 7.99. The van der Waals surface area contributed by atoms with Gasteiger partial charge < -0.3 is 4.57 Å². The number of fused-ring (bicyclic) bond motifs is 1. The van der Waals surface area contributed by atoms with Gasteiger partial charge in [-0.1, -0.05) is 35.5 Å². The summed E-state index contributed by atoms with van der Waals surface area (Å²) in [6.07, 6.45) is 5.69. The summed E-state index contributed by atoms with van der Waals surface area (Å²) in [6, 6.07) is 10.1. The lowest BCUT2D eigenvalue weighted by Gasteiger charge is -2.12. The molecule has 0 saturated heterocycles. The molecule has 1 atom stereocenters.